The number of carbonyl (C=O) groups is 1. The third kappa shape index (κ3) is 4.19. The molecule has 26 heavy (non-hydrogen) atoms. The molecule has 0 saturated carbocycles. The summed E-state index contributed by atoms with van der Waals surface area (Å²) in [6, 6.07) is 12.8. The van der Waals surface area contributed by atoms with Crippen molar-refractivity contribution in [2.24, 2.45) is 0 Å². The average Bonchev–Trinajstić information content (AvgIpc) is 2.69. The molecule has 0 aromatic heterocycles. The van der Waals surface area contributed by atoms with Crippen LogP contribution in [0, 0.1) is 11.3 Å². The molecule has 2 saturated heterocycles. The van der Waals surface area contributed by atoms with Crippen molar-refractivity contribution in [3.05, 3.63) is 35.9 Å². The fraction of sp³-hybridized carbons (Fsp3) is 0.619. The second-order valence-corrected chi connectivity index (χ2v) is 7.64. The Labute approximate surface area is 157 Å². The maximum absolute atomic E-state index is 12.7. The Morgan fingerprint density at radius 1 is 1.27 bits per heavy atom. The molecule has 0 bridgehead atoms. The molecule has 2 amide bonds. The third-order valence-electron chi connectivity index (χ3n) is 5.82. The lowest BCUT2D eigenvalue weighted by atomic mass is 9.74. The van der Waals surface area contributed by atoms with Gasteiger partial charge < -0.3 is 15.1 Å². The fourth-order valence-corrected chi connectivity index (χ4v) is 4.27. The Kier molecular flexibility index (Phi) is 6.16. The molecule has 140 valence electrons. The number of amides is 2. The van der Waals surface area contributed by atoms with Crippen LogP contribution in [-0.2, 0) is 5.41 Å². The molecule has 1 aromatic carbocycles. The predicted octanol–water partition coefficient (Wildman–Crippen LogP) is 3.13. The average molecular weight is 354 g/mol. The van der Waals surface area contributed by atoms with Crippen LogP contribution in [-0.4, -0.2) is 54.6 Å². The number of hydrogen-bond acceptors (Lipinski definition) is 3. The van der Waals surface area contributed by atoms with Crippen LogP contribution in [0.25, 0.3) is 0 Å². The number of nitriles is 1. The molecule has 5 nitrogen and oxygen atoms in total. The first-order valence-electron chi connectivity index (χ1n) is 9.91. The summed E-state index contributed by atoms with van der Waals surface area (Å²) < 4.78 is 0. The van der Waals surface area contributed by atoms with Crippen molar-refractivity contribution >= 4 is 6.03 Å². The van der Waals surface area contributed by atoms with Crippen LogP contribution in [0.3, 0.4) is 0 Å². The Hall–Kier alpha value is -2.06. The van der Waals surface area contributed by atoms with E-state index in [0.29, 0.717) is 25.9 Å². The number of nitrogens with one attached hydrogen (secondary N) is 1. The molecule has 5 heteroatoms. The van der Waals surface area contributed by atoms with Gasteiger partial charge in [0.25, 0.3) is 0 Å². The van der Waals surface area contributed by atoms with E-state index in [1.807, 2.05) is 35.2 Å². The van der Waals surface area contributed by atoms with Gasteiger partial charge in [-0.15, -0.1) is 0 Å². The lowest BCUT2D eigenvalue weighted by molar-refractivity contribution is 0.152. The Morgan fingerprint density at radius 3 is 2.65 bits per heavy atom. The van der Waals surface area contributed by atoms with Gasteiger partial charge >= 0.3 is 6.03 Å². The minimum atomic E-state index is -0.458. The standard InChI is InChI=1S/C21H30N4O/c1-2-12-24-13-6-9-19(16-24)23-20(26)25-14-10-21(17-22,11-15-25)18-7-4-3-5-8-18/h3-5,7-8,19H,2,6,9-16H2,1H3,(H,23,26). The van der Waals surface area contributed by atoms with Crippen LogP contribution in [0.2, 0.25) is 0 Å². The van der Waals surface area contributed by atoms with Gasteiger partial charge in [0.1, 0.15) is 0 Å². The molecule has 2 heterocycles. The Morgan fingerprint density at radius 2 is 2.00 bits per heavy atom. The molecule has 1 N–H and O–H groups in total. The van der Waals surface area contributed by atoms with E-state index in [1.54, 1.807) is 0 Å². The van der Waals surface area contributed by atoms with Crippen molar-refractivity contribution in [3.8, 4) is 6.07 Å². The molecular formula is C21H30N4O. The first-order chi connectivity index (χ1) is 12.7. The first-order valence-corrected chi connectivity index (χ1v) is 9.91. The monoisotopic (exact) mass is 354 g/mol. The highest BCUT2D eigenvalue weighted by Crippen LogP contribution is 2.34. The fourth-order valence-electron chi connectivity index (χ4n) is 4.27. The van der Waals surface area contributed by atoms with Gasteiger partial charge in [0.05, 0.1) is 11.5 Å². The van der Waals surface area contributed by atoms with E-state index in [2.05, 4.69) is 23.2 Å². The van der Waals surface area contributed by atoms with Gasteiger partial charge in [0, 0.05) is 25.7 Å². The number of benzene rings is 1. The zero-order valence-electron chi connectivity index (χ0n) is 15.8. The molecule has 0 aliphatic carbocycles. The van der Waals surface area contributed by atoms with Gasteiger partial charge in [-0.05, 0) is 50.8 Å². The quantitative estimate of drug-likeness (QED) is 0.904. The number of rotatable bonds is 4. The minimum absolute atomic E-state index is 0.0351. The minimum Gasteiger partial charge on any atom is -0.334 e. The van der Waals surface area contributed by atoms with E-state index >= 15 is 0 Å². The van der Waals surface area contributed by atoms with Crippen LogP contribution < -0.4 is 5.32 Å². The number of carbonyl (C=O) groups excluding carboxylic acids is 1. The summed E-state index contributed by atoms with van der Waals surface area (Å²) in [5, 5.41) is 13.0. The van der Waals surface area contributed by atoms with Gasteiger partial charge in [-0.2, -0.15) is 5.26 Å². The number of nitrogens with zero attached hydrogens (tertiary/aromatic N) is 3. The van der Waals surface area contributed by atoms with E-state index in [-0.39, 0.29) is 12.1 Å². The molecule has 3 rings (SSSR count). The summed E-state index contributed by atoms with van der Waals surface area (Å²) >= 11 is 0. The van der Waals surface area contributed by atoms with Crippen molar-refractivity contribution in [1.82, 2.24) is 15.1 Å². The number of piperidine rings is 2. The van der Waals surface area contributed by atoms with Crippen LogP contribution in [0.5, 0.6) is 0 Å². The van der Waals surface area contributed by atoms with E-state index in [0.717, 1.165) is 44.5 Å². The van der Waals surface area contributed by atoms with Gasteiger partial charge in [-0.1, -0.05) is 37.3 Å². The summed E-state index contributed by atoms with van der Waals surface area (Å²) in [5.74, 6) is 0. The number of urea groups is 1. The number of hydrogen-bond donors (Lipinski definition) is 1. The predicted molar refractivity (Wildman–Crippen MR) is 103 cm³/mol. The van der Waals surface area contributed by atoms with Gasteiger partial charge in [-0.3, -0.25) is 0 Å². The smallest absolute Gasteiger partial charge is 0.317 e. The van der Waals surface area contributed by atoms with E-state index in [4.69, 9.17) is 0 Å². The summed E-state index contributed by atoms with van der Waals surface area (Å²) in [4.78, 5) is 17.0. The van der Waals surface area contributed by atoms with E-state index in [9.17, 15) is 10.1 Å². The Bertz CT molecular complexity index is 629. The summed E-state index contributed by atoms with van der Waals surface area (Å²) in [5.41, 5.74) is 0.617. The largest absolute Gasteiger partial charge is 0.334 e. The maximum atomic E-state index is 12.7. The Balaban J connectivity index is 1.54. The van der Waals surface area contributed by atoms with Crippen molar-refractivity contribution in [1.29, 1.82) is 5.26 Å². The molecule has 2 aliphatic heterocycles. The summed E-state index contributed by atoms with van der Waals surface area (Å²) in [7, 11) is 0. The van der Waals surface area contributed by atoms with Crippen molar-refractivity contribution in [3.63, 3.8) is 0 Å². The molecular weight excluding hydrogens is 324 g/mol. The maximum Gasteiger partial charge on any atom is 0.317 e. The zero-order chi connectivity index (χ0) is 18.4. The zero-order valence-corrected chi connectivity index (χ0v) is 15.8. The van der Waals surface area contributed by atoms with Crippen molar-refractivity contribution in [2.75, 3.05) is 32.7 Å². The van der Waals surface area contributed by atoms with Gasteiger partial charge in [0.2, 0.25) is 0 Å². The number of likely N-dealkylation sites (tertiary alicyclic amines) is 2. The second kappa shape index (κ2) is 8.55. The lowest BCUT2D eigenvalue weighted by Gasteiger charge is -2.39. The molecule has 0 radical (unpaired) electrons. The SMILES string of the molecule is CCCN1CCCC(NC(=O)N2CCC(C#N)(c3ccccc3)CC2)C1. The van der Waals surface area contributed by atoms with Crippen molar-refractivity contribution in [2.45, 2.75) is 50.5 Å². The first kappa shape index (κ1) is 18.7. The van der Waals surface area contributed by atoms with Crippen LogP contribution in [0.15, 0.2) is 30.3 Å². The second-order valence-electron chi connectivity index (χ2n) is 7.64. The van der Waals surface area contributed by atoms with Crippen LogP contribution in [0.1, 0.15) is 44.6 Å². The van der Waals surface area contributed by atoms with E-state index < -0.39 is 5.41 Å². The molecule has 1 unspecified atom stereocenters. The normalized spacial score (nSPS) is 23.2. The summed E-state index contributed by atoms with van der Waals surface area (Å²) in [6.07, 6.45) is 4.77. The summed E-state index contributed by atoms with van der Waals surface area (Å²) in [6.45, 7) is 6.69. The third-order valence-corrected chi connectivity index (χ3v) is 5.82. The van der Waals surface area contributed by atoms with E-state index in [1.165, 1.54) is 0 Å². The topological polar surface area (TPSA) is 59.4 Å². The molecule has 2 aliphatic rings. The lowest BCUT2D eigenvalue weighted by Crippen LogP contribution is -2.54. The molecule has 0 spiro atoms. The highest BCUT2D eigenvalue weighted by molar-refractivity contribution is 5.74. The van der Waals surface area contributed by atoms with Crippen LogP contribution >= 0.6 is 0 Å². The van der Waals surface area contributed by atoms with Crippen molar-refractivity contribution < 1.29 is 4.79 Å². The highest BCUT2D eigenvalue weighted by Gasteiger charge is 2.38. The van der Waals surface area contributed by atoms with Gasteiger partial charge in [0.15, 0.2) is 0 Å². The van der Waals surface area contributed by atoms with Crippen LogP contribution in [0.4, 0.5) is 4.79 Å². The molecule has 2 fully saturated rings. The van der Waals surface area contributed by atoms with Gasteiger partial charge in [-0.25, -0.2) is 4.79 Å². The highest BCUT2D eigenvalue weighted by atomic mass is 16.2. The molecule has 1 atom stereocenters. The molecule has 1 aromatic rings.